The topological polar surface area (TPSA) is 142 Å². The lowest BCUT2D eigenvalue weighted by molar-refractivity contribution is -0.137. The van der Waals surface area contributed by atoms with E-state index in [2.05, 4.69) is 10.6 Å². The second-order valence-corrected chi connectivity index (χ2v) is 7.07. The number of nitrogens with one attached hydrogen (secondary N) is 2. The van der Waals surface area contributed by atoms with Gasteiger partial charge in [-0.15, -0.1) is 0 Å². The van der Waals surface area contributed by atoms with Gasteiger partial charge < -0.3 is 20.5 Å². The molecule has 0 unspecified atom stereocenters. The highest BCUT2D eigenvalue weighted by molar-refractivity contribution is 7.85. The second kappa shape index (κ2) is 9.03. The number of aliphatic hydroxyl groups excluding tert-OH is 1. The van der Waals surface area contributed by atoms with Gasteiger partial charge in [-0.3, -0.25) is 14.1 Å². The molecule has 0 aromatic rings. The van der Waals surface area contributed by atoms with Gasteiger partial charge in [0.2, 0.25) is 11.8 Å². The molecular weight excluding hydrogens is 316 g/mol. The van der Waals surface area contributed by atoms with E-state index in [4.69, 9.17) is 9.29 Å². The molecule has 130 valence electrons. The maximum absolute atomic E-state index is 11.7. The first kappa shape index (κ1) is 20.8. The van der Waals surface area contributed by atoms with Crippen LogP contribution in [0.2, 0.25) is 0 Å². The summed E-state index contributed by atoms with van der Waals surface area (Å²) in [7, 11) is -2.65. The SMILES string of the molecule is COCC(C)(C)[C@@H](O)C(=O)NCCC(=O)NCCS(=O)(=O)O. The van der Waals surface area contributed by atoms with E-state index in [1.165, 1.54) is 7.11 Å². The maximum Gasteiger partial charge on any atom is 0.266 e. The summed E-state index contributed by atoms with van der Waals surface area (Å²) in [6.45, 7) is 3.31. The van der Waals surface area contributed by atoms with Crippen molar-refractivity contribution >= 4 is 21.9 Å². The van der Waals surface area contributed by atoms with Crippen LogP contribution < -0.4 is 10.6 Å². The highest BCUT2D eigenvalue weighted by atomic mass is 32.2. The number of rotatable bonds is 10. The van der Waals surface area contributed by atoms with Crippen LogP contribution in [0.25, 0.3) is 0 Å². The smallest absolute Gasteiger partial charge is 0.266 e. The maximum atomic E-state index is 11.7. The molecule has 0 spiro atoms. The lowest BCUT2D eigenvalue weighted by atomic mass is 9.87. The summed E-state index contributed by atoms with van der Waals surface area (Å²) in [4.78, 5) is 23.1. The third-order valence-corrected chi connectivity index (χ3v) is 3.56. The van der Waals surface area contributed by atoms with Crippen LogP contribution in [0.5, 0.6) is 0 Å². The fourth-order valence-corrected chi connectivity index (χ4v) is 1.97. The van der Waals surface area contributed by atoms with Crippen LogP contribution >= 0.6 is 0 Å². The van der Waals surface area contributed by atoms with Gasteiger partial charge in [0.15, 0.2) is 0 Å². The summed E-state index contributed by atoms with van der Waals surface area (Å²) in [5.41, 5.74) is -0.767. The van der Waals surface area contributed by atoms with Crippen molar-refractivity contribution in [3.05, 3.63) is 0 Å². The fraction of sp³-hybridized carbons (Fsp3) is 0.833. The first-order chi connectivity index (χ1) is 9.99. The Morgan fingerprint density at radius 2 is 1.82 bits per heavy atom. The minimum absolute atomic E-state index is 0.00331. The van der Waals surface area contributed by atoms with Crippen LogP contribution in [0.4, 0.5) is 0 Å². The molecule has 0 rings (SSSR count). The zero-order valence-electron chi connectivity index (χ0n) is 13.0. The van der Waals surface area contributed by atoms with Gasteiger partial charge in [-0.2, -0.15) is 8.42 Å². The minimum atomic E-state index is -4.12. The van der Waals surface area contributed by atoms with E-state index in [1.54, 1.807) is 13.8 Å². The van der Waals surface area contributed by atoms with E-state index in [9.17, 15) is 23.1 Å². The Labute approximate surface area is 130 Å². The van der Waals surface area contributed by atoms with E-state index in [-0.39, 0.29) is 26.1 Å². The Morgan fingerprint density at radius 1 is 1.23 bits per heavy atom. The average molecular weight is 340 g/mol. The van der Waals surface area contributed by atoms with Crippen molar-refractivity contribution in [2.24, 2.45) is 5.41 Å². The van der Waals surface area contributed by atoms with Crippen molar-refractivity contribution in [1.29, 1.82) is 0 Å². The van der Waals surface area contributed by atoms with Gasteiger partial charge in [0, 0.05) is 32.0 Å². The Balaban J connectivity index is 4.04. The highest BCUT2D eigenvalue weighted by Crippen LogP contribution is 2.20. The molecule has 2 amide bonds. The predicted molar refractivity (Wildman–Crippen MR) is 78.7 cm³/mol. The van der Waals surface area contributed by atoms with E-state index in [0.29, 0.717) is 0 Å². The summed E-state index contributed by atoms with van der Waals surface area (Å²) in [6, 6.07) is 0. The molecular formula is C12H24N2O7S. The molecule has 22 heavy (non-hydrogen) atoms. The predicted octanol–water partition coefficient (Wildman–Crippen LogP) is -1.47. The Kier molecular flexibility index (Phi) is 8.53. The monoisotopic (exact) mass is 340 g/mol. The molecule has 0 aliphatic rings. The molecule has 0 aliphatic carbocycles. The molecule has 0 bridgehead atoms. The first-order valence-corrected chi connectivity index (χ1v) is 8.27. The summed E-state index contributed by atoms with van der Waals surface area (Å²) in [5.74, 6) is -1.67. The van der Waals surface area contributed by atoms with E-state index < -0.39 is 39.2 Å². The highest BCUT2D eigenvalue weighted by Gasteiger charge is 2.33. The van der Waals surface area contributed by atoms with Crippen LogP contribution in [-0.4, -0.2) is 68.6 Å². The van der Waals surface area contributed by atoms with Crippen LogP contribution in [0.15, 0.2) is 0 Å². The van der Waals surface area contributed by atoms with Gasteiger partial charge in [0.25, 0.3) is 10.1 Å². The lowest BCUT2D eigenvalue weighted by Crippen LogP contribution is -2.46. The quantitative estimate of drug-likeness (QED) is 0.356. The molecule has 0 aliphatic heterocycles. The summed E-state index contributed by atoms with van der Waals surface area (Å²) < 4.78 is 34.3. The number of carbonyl (C=O) groups excluding carboxylic acids is 2. The standard InChI is InChI=1S/C12H24N2O7S/c1-12(2,8-21-3)10(16)11(17)14-5-4-9(15)13-6-7-22(18,19)20/h10,16H,4-8H2,1-3H3,(H,13,15)(H,14,17)(H,18,19,20)/t10-/m0/s1. The van der Waals surface area contributed by atoms with Crippen molar-refractivity contribution in [2.45, 2.75) is 26.4 Å². The van der Waals surface area contributed by atoms with Crippen molar-refractivity contribution in [2.75, 3.05) is 32.6 Å². The molecule has 0 heterocycles. The van der Waals surface area contributed by atoms with Gasteiger partial charge >= 0.3 is 0 Å². The van der Waals surface area contributed by atoms with Crippen molar-refractivity contribution < 1.29 is 32.4 Å². The summed E-state index contributed by atoms with van der Waals surface area (Å²) in [6.07, 6.45) is -1.36. The van der Waals surface area contributed by atoms with Crippen LogP contribution in [-0.2, 0) is 24.4 Å². The molecule has 4 N–H and O–H groups in total. The third kappa shape index (κ3) is 8.93. The molecule has 0 aromatic carbocycles. The summed E-state index contributed by atoms with van der Waals surface area (Å²) in [5, 5.41) is 14.6. The first-order valence-electron chi connectivity index (χ1n) is 6.66. The van der Waals surface area contributed by atoms with E-state index in [1.807, 2.05) is 0 Å². The number of aliphatic hydroxyl groups is 1. The third-order valence-electron chi connectivity index (χ3n) is 2.84. The van der Waals surface area contributed by atoms with Crippen molar-refractivity contribution in [1.82, 2.24) is 10.6 Å². The molecule has 0 fully saturated rings. The summed E-state index contributed by atoms with van der Waals surface area (Å²) >= 11 is 0. The van der Waals surface area contributed by atoms with Crippen LogP contribution in [0, 0.1) is 5.41 Å². The molecule has 0 saturated heterocycles. The van der Waals surface area contributed by atoms with E-state index in [0.717, 1.165) is 0 Å². The zero-order valence-corrected chi connectivity index (χ0v) is 13.8. The minimum Gasteiger partial charge on any atom is -0.384 e. The Bertz CT molecular complexity index is 476. The Morgan fingerprint density at radius 3 is 2.32 bits per heavy atom. The fourth-order valence-electron chi connectivity index (χ4n) is 1.61. The van der Waals surface area contributed by atoms with Crippen molar-refractivity contribution in [3.8, 4) is 0 Å². The number of ether oxygens (including phenoxy) is 1. The normalized spacial score (nSPS) is 13.5. The van der Waals surface area contributed by atoms with Gasteiger partial charge in [-0.25, -0.2) is 0 Å². The van der Waals surface area contributed by atoms with Crippen LogP contribution in [0.1, 0.15) is 20.3 Å². The molecule has 9 nitrogen and oxygen atoms in total. The molecule has 0 radical (unpaired) electrons. The second-order valence-electron chi connectivity index (χ2n) is 5.50. The lowest BCUT2D eigenvalue weighted by Gasteiger charge is -2.28. The number of amides is 2. The number of methoxy groups -OCH3 is 1. The van der Waals surface area contributed by atoms with Gasteiger partial charge in [0.1, 0.15) is 6.10 Å². The molecule has 0 saturated carbocycles. The molecule has 1 atom stereocenters. The number of carbonyl (C=O) groups is 2. The Hall–Kier alpha value is -1.23. The van der Waals surface area contributed by atoms with Crippen LogP contribution in [0.3, 0.4) is 0 Å². The van der Waals surface area contributed by atoms with Gasteiger partial charge in [0.05, 0.1) is 12.4 Å². The molecule has 0 aromatic heterocycles. The average Bonchev–Trinajstić information content (AvgIpc) is 2.36. The van der Waals surface area contributed by atoms with Crippen molar-refractivity contribution in [3.63, 3.8) is 0 Å². The van der Waals surface area contributed by atoms with Gasteiger partial charge in [-0.05, 0) is 0 Å². The number of hydrogen-bond acceptors (Lipinski definition) is 6. The largest absolute Gasteiger partial charge is 0.384 e. The number of hydrogen-bond donors (Lipinski definition) is 4. The zero-order chi connectivity index (χ0) is 17.4. The van der Waals surface area contributed by atoms with E-state index >= 15 is 0 Å². The van der Waals surface area contributed by atoms with Gasteiger partial charge in [-0.1, -0.05) is 13.8 Å². The molecule has 10 heteroatoms.